The highest BCUT2D eigenvalue weighted by Gasteiger charge is 2.41. The van der Waals surface area contributed by atoms with Crippen molar-refractivity contribution >= 4 is 15.9 Å². The molecule has 2 heterocycles. The predicted octanol–water partition coefficient (Wildman–Crippen LogP) is -0.104. The van der Waals surface area contributed by atoms with Gasteiger partial charge < -0.3 is 9.80 Å². The van der Waals surface area contributed by atoms with E-state index in [-0.39, 0.29) is 24.4 Å². The van der Waals surface area contributed by atoms with Gasteiger partial charge in [-0.3, -0.25) is 9.69 Å². The van der Waals surface area contributed by atoms with Gasteiger partial charge in [0.1, 0.15) is 0 Å². The van der Waals surface area contributed by atoms with Crippen molar-refractivity contribution in [1.29, 1.82) is 0 Å². The van der Waals surface area contributed by atoms with Gasteiger partial charge >= 0.3 is 0 Å². The number of rotatable bonds is 4. The lowest BCUT2D eigenvalue weighted by atomic mass is 9.85. The third kappa shape index (κ3) is 4.68. The first-order valence-electron chi connectivity index (χ1n) is 8.73. The minimum atomic E-state index is -3.23. The zero-order chi connectivity index (χ0) is 18.0. The van der Waals surface area contributed by atoms with Crippen molar-refractivity contribution in [1.82, 2.24) is 19.0 Å². The number of carbonyl (C=O) groups excluding carboxylic acids is 1. The smallest absolute Gasteiger partial charge is 0.223 e. The molecule has 0 aromatic carbocycles. The Balaban J connectivity index is 2.00. The molecule has 0 aromatic rings. The maximum Gasteiger partial charge on any atom is 0.223 e. The Morgan fingerprint density at radius 2 is 1.75 bits per heavy atom. The minimum absolute atomic E-state index is 0.0686. The molecule has 0 unspecified atom stereocenters. The zero-order valence-corrected chi connectivity index (χ0v) is 16.3. The van der Waals surface area contributed by atoms with Crippen molar-refractivity contribution in [2.75, 3.05) is 66.7 Å². The Morgan fingerprint density at radius 3 is 2.33 bits per heavy atom. The third-order valence-electron chi connectivity index (χ3n) is 5.69. The van der Waals surface area contributed by atoms with E-state index < -0.39 is 10.0 Å². The Morgan fingerprint density at radius 1 is 1.12 bits per heavy atom. The molecule has 1 amide bonds. The summed E-state index contributed by atoms with van der Waals surface area (Å²) >= 11 is 0. The normalized spacial score (nSPS) is 23.6. The van der Waals surface area contributed by atoms with Gasteiger partial charge in [0, 0.05) is 45.2 Å². The van der Waals surface area contributed by atoms with E-state index >= 15 is 0 Å². The monoisotopic (exact) mass is 360 g/mol. The zero-order valence-electron chi connectivity index (χ0n) is 15.5. The van der Waals surface area contributed by atoms with Crippen LogP contribution in [0.15, 0.2) is 0 Å². The molecule has 0 aromatic heterocycles. The van der Waals surface area contributed by atoms with Crippen molar-refractivity contribution in [2.24, 2.45) is 0 Å². The molecule has 2 rings (SSSR count). The number of sulfonamides is 1. The SMILES string of the molecule is CN1CCC2(CC1)CN(C(=O)CCN(C)S(C)(=O)=O)CCCN2C. The maximum absolute atomic E-state index is 12.7. The highest BCUT2D eigenvalue weighted by molar-refractivity contribution is 7.88. The molecule has 0 bridgehead atoms. The van der Waals surface area contributed by atoms with Crippen molar-refractivity contribution in [3.63, 3.8) is 0 Å². The van der Waals surface area contributed by atoms with Gasteiger partial charge in [-0.1, -0.05) is 0 Å². The van der Waals surface area contributed by atoms with Crippen LogP contribution in [0.25, 0.3) is 0 Å². The van der Waals surface area contributed by atoms with Crippen molar-refractivity contribution in [2.45, 2.75) is 31.2 Å². The molecule has 0 radical (unpaired) electrons. The number of hydrogen-bond acceptors (Lipinski definition) is 5. The number of likely N-dealkylation sites (tertiary alicyclic amines) is 1. The molecule has 2 aliphatic heterocycles. The molecular formula is C16H32N4O3S. The summed E-state index contributed by atoms with van der Waals surface area (Å²) in [7, 11) is 2.62. The van der Waals surface area contributed by atoms with Crippen LogP contribution in [0.5, 0.6) is 0 Å². The summed E-state index contributed by atoms with van der Waals surface area (Å²) in [6.45, 7) is 4.91. The Labute approximate surface area is 146 Å². The van der Waals surface area contributed by atoms with Gasteiger partial charge in [-0.2, -0.15) is 0 Å². The second kappa shape index (κ2) is 7.68. The largest absolute Gasteiger partial charge is 0.341 e. The van der Waals surface area contributed by atoms with Crippen LogP contribution < -0.4 is 0 Å². The van der Waals surface area contributed by atoms with E-state index in [0.717, 1.165) is 52.0 Å². The van der Waals surface area contributed by atoms with Crippen LogP contribution in [-0.2, 0) is 14.8 Å². The van der Waals surface area contributed by atoms with Gasteiger partial charge in [-0.25, -0.2) is 12.7 Å². The number of likely N-dealkylation sites (N-methyl/N-ethyl adjacent to an activating group) is 1. The number of carbonyl (C=O) groups is 1. The summed E-state index contributed by atoms with van der Waals surface area (Å²) in [6, 6.07) is 0. The summed E-state index contributed by atoms with van der Waals surface area (Å²) in [5, 5.41) is 0. The first-order valence-corrected chi connectivity index (χ1v) is 10.6. The topological polar surface area (TPSA) is 64.2 Å². The average Bonchev–Trinajstić information content (AvgIpc) is 2.67. The number of amides is 1. The van der Waals surface area contributed by atoms with Crippen LogP contribution in [-0.4, -0.2) is 106 Å². The fourth-order valence-corrected chi connectivity index (χ4v) is 4.08. The highest BCUT2D eigenvalue weighted by atomic mass is 32.2. The summed E-state index contributed by atoms with van der Waals surface area (Å²) in [5.74, 6) is 0.0686. The lowest BCUT2D eigenvalue weighted by molar-refractivity contribution is -0.133. The first kappa shape index (κ1) is 19.6. The molecule has 1 spiro atoms. The van der Waals surface area contributed by atoms with Crippen LogP contribution in [0, 0.1) is 0 Å². The van der Waals surface area contributed by atoms with Crippen LogP contribution in [0.4, 0.5) is 0 Å². The van der Waals surface area contributed by atoms with Crippen molar-refractivity contribution in [3.8, 4) is 0 Å². The fourth-order valence-electron chi connectivity index (χ4n) is 3.66. The molecule has 8 heteroatoms. The molecule has 0 atom stereocenters. The second-order valence-electron chi connectivity index (χ2n) is 7.45. The van der Waals surface area contributed by atoms with E-state index in [1.54, 1.807) is 0 Å². The summed E-state index contributed by atoms with van der Waals surface area (Å²) in [6.07, 6.45) is 4.55. The van der Waals surface area contributed by atoms with Gasteiger partial charge in [-0.15, -0.1) is 0 Å². The van der Waals surface area contributed by atoms with Gasteiger partial charge in [0.15, 0.2) is 0 Å². The van der Waals surface area contributed by atoms with E-state index in [1.165, 1.54) is 17.6 Å². The molecule has 2 fully saturated rings. The van der Waals surface area contributed by atoms with Crippen LogP contribution in [0.3, 0.4) is 0 Å². The molecule has 7 nitrogen and oxygen atoms in total. The number of nitrogens with zero attached hydrogens (tertiary/aromatic N) is 4. The molecule has 0 saturated carbocycles. The standard InChI is InChI=1S/C16H32N4O3S/c1-17-12-7-16(8-13-17)14-20(10-5-9-18(16)2)15(21)6-11-19(3)24(4,22)23/h5-14H2,1-4H3. The van der Waals surface area contributed by atoms with Crippen molar-refractivity contribution in [3.05, 3.63) is 0 Å². The molecular weight excluding hydrogens is 328 g/mol. The quantitative estimate of drug-likeness (QED) is 0.700. The first-order chi connectivity index (χ1) is 11.1. The molecule has 24 heavy (non-hydrogen) atoms. The Kier molecular flexibility index (Phi) is 6.28. The third-order valence-corrected chi connectivity index (χ3v) is 7.01. The van der Waals surface area contributed by atoms with Gasteiger partial charge in [-0.05, 0) is 46.4 Å². The Bertz CT molecular complexity index is 544. The number of piperidine rings is 1. The molecule has 0 aliphatic carbocycles. The molecule has 2 saturated heterocycles. The van der Waals surface area contributed by atoms with E-state index in [0.29, 0.717) is 0 Å². The predicted molar refractivity (Wildman–Crippen MR) is 95.4 cm³/mol. The Hall–Kier alpha value is -0.700. The summed E-state index contributed by atoms with van der Waals surface area (Å²) in [5.41, 5.74) is 0.0708. The minimum Gasteiger partial charge on any atom is -0.341 e. The van der Waals surface area contributed by atoms with Gasteiger partial charge in [0.25, 0.3) is 0 Å². The fraction of sp³-hybridized carbons (Fsp3) is 0.938. The lowest BCUT2D eigenvalue weighted by Crippen LogP contribution is -2.58. The van der Waals surface area contributed by atoms with Crippen LogP contribution in [0.2, 0.25) is 0 Å². The molecule has 2 aliphatic rings. The second-order valence-corrected chi connectivity index (χ2v) is 9.54. The molecule has 140 valence electrons. The summed E-state index contributed by atoms with van der Waals surface area (Å²) < 4.78 is 24.2. The van der Waals surface area contributed by atoms with Crippen LogP contribution >= 0.6 is 0 Å². The summed E-state index contributed by atoms with van der Waals surface area (Å²) in [4.78, 5) is 19.4. The van der Waals surface area contributed by atoms with Gasteiger partial charge in [0.2, 0.25) is 15.9 Å². The van der Waals surface area contributed by atoms with E-state index in [9.17, 15) is 13.2 Å². The maximum atomic E-state index is 12.7. The lowest BCUT2D eigenvalue weighted by Gasteiger charge is -2.47. The number of hydrogen-bond donors (Lipinski definition) is 0. The molecule has 0 N–H and O–H groups in total. The highest BCUT2D eigenvalue weighted by Crippen LogP contribution is 2.31. The van der Waals surface area contributed by atoms with Crippen LogP contribution in [0.1, 0.15) is 25.7 Å². The van der Waals surface area contributed by atoms with Crippen molar-refractivity contribution < 1.29 is 13.2 Å². The van der Waals surface area contributed by atoms with Gasteiger partial charge in [0.05, 0.1) is 6.26 Å². The van der Waals surface area contributed by atoms with E-state index in [4.69, 9.17) is 0 Å². The van der Waals surface area contributed by atoms with E-state index in [1.807, 2.05) is 4.90 Å². The average molecular weight is 361 g/mol. The van der Waals surface area contributed by atoms with E-state index in [2.05, 4.69) is 23.9 Å².